The SMILES string of the molecule is COc1ccc(C(O)C2(N(C)C)CCC(C)CC2)c(C)c1. The zero-order chi connectivity index (χ0) is 15.6. The number of nitrogens with zero attached hydrogens (tertiary/aromatic N) is 1. The van der Waals surface area contributed by atoms with Crippen molar-refractivity contribution in [3.05, 3.63) is 29.3 Å². The van der Waals surface area contributed by atoms with Gasteiger partial charge in [-0.3, -0.25) is 0 Å². The Labute approximate surface area is 128 Å². The number of aryl methyl sites for hydroxylation is 1. The second kappa shape index (κ2) is 6.37. The van der Waals surface area contributed by atoms with Crippen LogP contribution in [0.5, 0.6) is 5.75 Å². The van der Waals surface area contributed by atoms with E-state index in [1.807, 2.05) is 18.2 Å². The van der Waals surface area contributed by atoms with E-state index in [9.17, 15) is 5.11 Å². The second-order valence-corrected chi connectivity index (χ2v) is 6.81. The summed E-state index contributed by atoms with van der Waals surface area (Å²) in [6.45, 7) is 4.36. The van der Waals surface area contributed by atoms with Gasteiger partial charge >= 0.3 is 0 Å². The molecule has 1 aliphatic carbocycles. The molecule has 1 unspecified atom stereocenters. The van der Waals surface area contributed by atoms with Crippen LogP contribution in [0.2, 0.25) is 0 Å². The molecule has 1 fully saturated rings. The first-order chi connectivity index (χ1) is 9.90. The zero-order valence-corrected chi connectivity index (χ0v) is 14.0. The van der Waals surface area contributed by atoms with Gasteiger partial charge in [-0.25, -0.2) is 0 Å². The first kappa shape index (κ1) is 16.3. The van der Waals surface area contributed by atoms with Gasteiger partial charge in [-0.05, 0) is 75.9 Å². The molecule has 0 aromatic heterocycles. The van der Waals surface area contributed by atoms with Gasteiger partial charge in [0, 0.05) is 0 Å². The topological polar surface area (TPSA) is 32.7 Å². The fraction of sp³-hybridized carbons (Fsp3) is 0.667. The minimum atomic E-state index is -0.453. The van der Waals surface area contributed by atoms with Gasteiger partial charge in [-0.1, -0.05) is 13.0 Å². The molecule has 1 aromatic carbocycles. The summed E-state index contributed by atoms with van der Waals surface area (Å²) in [5.74, 6) is 1.61. The van der Waals surface area contributed by atoms with Crippen LogP contribution in [0.1, 0.15) is 49.8 Å². The lowest BCUT2D eigenvalue weighted by atomic mass is 9.71. The van der Waals surface area contributed by atoms with E-state index in [1.165, 1.54) is 12.8 Å². The average Bonchev–Trinajstić information content (AvgIpc) is 2.47. The maximum atomic E-state index is 11.1. The van der Waals surface area contributed by atoms with Crippen molar-refractivity contribution < 1.29 is 9.84 Å². The van der Waals surface area contributed by atoms with Crippen LogP contribution in [0.15, 0.2) is 18.2 Å². The third kappa shape index (κ3) is 3.09. The molecular formula is C18H29NO2. The van der Waals surface area contributed by atoms with Crippen molar-refractivity contribution >= 4 is 0 Å². The van der Waals surface area contributed by atoms with Crippen LogP contribution in [0.3, 0.4) is 0 Å². The molecule has 3 heteroatoms. The van der Waals surface area contributed by atoms with Gasteiger partial charge in [-0.15, -0.1) is 0 Å². The number of methoxy groups -OCH3 is 1. The molecule has 1 N–H and O–H groups in total. The molecule has 0 bridgehead atoms. The fourth-order valence-corrected chi connectivity index (χ4v) is 3.60. The Morgan fingerprint density at radius 2 is 1.90 bits per heavy atom. The van der Waals surface area contributed by atoms with Crippen molar-refractivity contribution in [2.45, 2.75) is 51.2 Å². The number of hydrogen-bond donors (Lipinski definition) is 1. The summed E-state index contributed by atoms with van der Waals surface area (Å²) in [4.78, 5) is 2.23. The minimum Gasteiger partial charge on any atom is -0.497 e. The normalized spacial score (nSPS) is 27.7. The number of rotatable bonds is 4. The van der Waals surface area contributed by atoms with E-state index in [4.69, 9.17) is 4.74 Å². The molecule has 2 rings (SSSR count). The van der Waals surface area contributed by atoms with E-state index in [2.05, 4.69) is 32.8 Å². The summed E-state index contributed by atoms with van der Waals surface area (Å²) in [5, 5.41) is 11.1. The van der Waals surface area contributed by atoms with Gasteiger partial charge in [0.15, 0.2) is 0 Å². The lowest BCUT2D eigenvalue weighted by molar-refractivity contribution is -0.0411. The monoisotopic (exact) mass is 291 g/mol. The van der Waals surface area contributed by atoms with Gasteiger partial charge in [0.25, 0.3) is 0 Å². The summed E-state index contributed by atoms with van der Waals surface area (Å²) in [5.41, 5.74) is 1.98. The molecule has 21 heavy (non-hydrogen) atoms. The second-order valence-electron chi connectivity index (χ2n) is 6.81. The lowest BCUT2D eigenvalue weighted by Gasteiger charge is -2.48. The number of likely N-dealkylation sites (N-methyl/N-ethyl adjacent to an activating group) is 1. The molecule has 3 nitrogen and oxygen atoms in total. The Morgan fingerprint density at radius 1 is 1.29 bits per heavy atom. The molecule has 0 saturated heterocycles. The standard InChI is InChI=1S/C18H29NO2/c1-13-8-10-18(11-9-13,19(3)4)17(20)16-7-6-15(21-5)12-14(16)2/h6-7,12-13,17,20H,8-11H2,1-5H3. The third-order valence-corrected chi connectivity index (χ3v) is 5.31. The van der Waals surface area contributed by atoms with Crippen LogP contribution in [0.4, 0.5) is 0 Å². The number of hydrogen-bond acceptors (Lipinski definition) is 3. The Balaban J connectivity index is 2.33. The highest BCUT2D eigenvalue weighted by Crippen LogP contribution is 2.44. The molecule has 0 aliphatic heterocycles. The quantitative estimate of drug-likeness (QED) is 0.921. The van der Waals surface area contributed by atoms with E-state index in [0.717, 1.165) is 35.6 Å². The largest absolute Gasteiger partial charge is 0.497 e. The van der Waals surface area contributed by atoms with Crippen molar-refractivity contribution in [2.75, 3.05) is 21.2 Å². The third-order valence-electron chi connectivity index (χ3n) is 5.31. The molecule has 0 radical (unpaired) electrons. The average molecular weight is 291 g/mol. The van der Waals surface area contributed by atoms with Crippen molar-refractivity contribution in [1.29, 1.82) is 0 Å². The summed E-state index contributed by atoms with van der Waals surface area (Å²) >= 11 is 0. The van der Waals surface area contributed by atoms with Crippen LogP contribution in [-0.2, 0) is 0 Å². The van der Waals surface area contributed by atoms with E-state index in [-0.39, 0.29) is 5.54 Å². The molecule has 0 amide bonds. The van der Waals surface area contributed by atoms with Crippen molar-refractivity contribution in [3.8, 4) is 5.75 Å². The maximum absolute atomic E-state index is 11.1. The Bertz CT molecular complexity index is 476. The highest BCUT2D eigenvalue weighted by molar-refractivity contribution is 5.37. The number of aliphatic hydroxyl groups is 1. The fourth-order valence-electron chi connectivity index (χ4n) is 3.60. The number of benzene rings is 1. The summed E-state index contributed by atoms with van der Waals surface area (Å²) < 4.78 is 5.27. The number of ether oxygens (including phenoxy) is 1. The minimum absolute atomic E-state index is 0.147. The molecule has 1 aromatic rings. The van der Waals surface area contributed by atoms with Gasteiger partial charge in [0.2, 0.25) is 0 Å². The van der Waals surface area contributed by atoms with Gasteiger partial charge in [0.05, 0.1) is 18.8 Å². The van der Waals surface area contributed by atoms with E-state index in [0.29, 0.717) is 0 Å². The van der Waals surface area contributed by atoms with Crippen LogP contribution >= 0.6 is 0 Å². The molecule has 1 atom stereocenters. The highest BCUT2D eigenvalue weighted by Gasteiger charge is 2.43. The van der Waals surface area contributed by atoms with Gasteiger partial charge < -0.3 is 14.7 Å². The molecule has 1 aliphatic rings. The molecule has 118 valence electrons. The van der Waals surface area contributed by atoms with Crippen LogP contribution in [-0.4, -0.2) is 36.8 Å². The number of aliphatic hydroxyl groups excluding tert-OH is 1. The molecule has 0 spiro atoms. The highest BCUT2D eigenvalue weighted by atomic mass is 16.5. The van der Waals surface area contributed by atoms with E-state index >= 15 is 0 Å². The molecule has 1 saturated carbocycles. The van der Waals surface area contributed by atoms with E-state index in [1.54, 1.807) is 7.11 Å². The summed E-state index contributed by atoms with van der Waals surface area (Å²) in [6.07, 6.45) is 4.02. The first-order valence-electron chi connectivity index (χ1n) is 7.90. The zero-order valence-electron chi connectivity index (χ0n) is 14.0. The summed E-state index contributed by atoms with van der Waals surface area (Å²) in [7, 11) is 5.87. The Morgan fingerprint density at radius 3 is 2.38 bits per heavy atom. The van der Waals surface area contributed by atoms with Gasteiger partial charge in [-0.2, -0.15) is 0 Å². The first-order valence-corrected chi connectivity index (χ1v) is 7.90. The predicted octanol–water partition coefficient (Wildman–Crippen LogP) is 3.55. The van der Waals surface area contributed by atoms with Gasteiger partial charge in [0.1, 0.15) is 5.75 Å². The Kier molecular flexibility index (Phi) is 4.95. The van der Waals surface area contributed by atoms with E-state index < -0.39 is 6.10 Å². The molecular weight excluding hydrogens is 262 g/mol. The lowest BCUT2D eigenvalue weighted by Crippen LogP contribution is -2.51. The molecule has 0 heterocycles. The predicted molar refractivity (Wildman–Crippen MR) is 86.7 cm³/mol. The van der Waals surface area contributed by atoms with Crippen molar-refractivity contribution in [3.63, 3.8) is 0 Å². The van der Waals surface area contributed by atoms with Crippen LogP contribution in [0, 0.1) is 12.8 Å². The van der Waals surface area contributed by atoms with Crippen molar-refractivity contribution in [2.24, 2.45) is 5.92 Å². The maximum Gasteiger partial charge on any atom is 0.119 e. The van der Waals surface area contributed by atoms with Crippen molar-refractivity contribution in [1.82, 2.24) is 4.90 Å². The van der Waals surface area contributed by atoms with Crippen LogP contribution < -0.4 is 4.74 Å². The summed E-state index contributed by atoms with van der Waals surface area (Å²) in [6, 6.07) is 5.97. The smallest absolute Gasteiger partial charge is 0.119 e. The van der Waals surface area contributed by atoms with Crippen LogP contribution in [0.25, 0.3) is 0 Å². The Hall–Kier alpha value is -1.06.